The standard InChI is InChI=1S/C16H21N5O3/c22-9-14(16(24)17-11-4-2-1-3-5-11)18-15(23)10-6-7-12-13(8-10)20-21-19-12/h6-8,11,14,22H,1-5,9H2,(H,17,24)(H,18,23)(H,19,20,21). The lowest BCUT2D eigenvalue weighted by molar-refractivity contribution is -0.124. The van der Waals surface area contributed by atoms with E-state index in [0.29, 0.717) is 16.6 Å². The van der Waals surface area contributed by atoms with Gasteiger partial charge in [-0.05, 0) is 31.0 Å². The summed E-state index contributed by atoms with van der Waals surface area (Å²) in [6.07, 6.45) is 5.27. The van der Waals surface area contributed by atoms with Crippen molar-refractivity contribution in [3.8, 4) is 0 Å². The molecule has 1 heterocycles. The summed E-state index contributed by atoms with van der Waals surface area (Å²) < 4.78 is 0. The van der Waals surface area contributed by atoms with Gasteiger partial charge in [0.15, 0.2) is 0 Å². The number of aromatic amines is 1. The number of rotatable bonds is 5. The Kier molecular flexibility index (Phi) is 5.05. The van der Waals surface area contributed by atoms with E-state index in [2.05, 4.69) is 26.0 Å². The van der Waals surface area contributed by atoms with Crippen molar-refractivity contribution >= 4 is 22.8 Å². The quantitative estimate of drug-likeness (QED) is 0.636. The summed E-state index contributed by atoms with van der Waals surface area (Å²) in [6, 6.07) is 4.02. The number of nitrogens with zero attached hydrogens (tertiary/aromatic N) is 2. The van der Waals surface area contributed by atoms with Gasteiger partial charge in [0.1, 0.15) is 17.1 Å². The molecule has 1 unspecified atom stereocenters. The number of aliphatic hydroxyl groups excluding tert-OH is 1. The van der Waals surface area contributed by atoms with Gasteiger partial charge in [-0.3, -0.25) is 9.59 Å². The molecule has 1 fully saturated rings. The van der Waals surface area contributed by atoms with E-state index in [-0.39, 0.29) is 11.9 Å². The molecular formula is C16H21N5O3. The average Bonchev–Trinajstić information content (AvgIpc) is 3.07. The molecule has 0 spiro atoms. The lowest BCUT2D eigenvalue weighted by atomic mass is 9.95. The minimum absolute atomic E-state index is 0.128. The summed E-state index contributed by atoms with van der Waals surface area (Å²) in [7, 11) is 0. The van der Waals surface area contributed by atoms with Crippen LogP contribution in [0.1, 0.15) is 42.5 Å². The fraction of sp³-hybridized carbons (Fsp3) is 0.500. The van der Waals surface area contributed by atoms with Gasteiger partial charge >= 0.3 is 0 Å². The van der Waals surface area contributed by atoms with Crippen LogP contribution in [0.15, 0.2) is 18.2 Å². The summed E-state index contributed by atoms with van der Waals surface area (Å²) in [6.45, 7) is -0.448. The van der Waals surface area contributed by atoms with E-state index in [1.54, 1.807) is 18.2 Å². The van der Waals surface area contributed by atoms with E-state index in [9.17, 15) is 14.7 Å². The molecule has 24 heavy (non-hydrogen) atoms. The topological polar surface area (TPSA) is 120 Å². The number of nitrogens with one attached hydrogen (secondary N) is 3. The van der Waals surface area contributed by atoms with E-state index >= 15 is 0 Å². The van der Waals surface area contributed by atoms with Gasteiger partial charge in [-0.2, -0.15) is 15.4 Å². The minimum Gasteiger partial charge on any atom is -0.394 e. The number of H-pyrrole nitrogens is 1. The van der Waals surface area contributed by atoms with Gasteiger partial charge in [-0.15, -0.1) is 0 Å². The molecule has 1 aromatic carbocycles. The number of carbonyl (C=O) groups excluding carboxylic acids is 2. The Hall–Kier alpha value is -2.48. The number of aromatic nitrogens is 3. The first kappa shape index (κ1) is 16.4. The van der Waals surface area contributed by atoms with Crippen molar-refractivity contribution in [1.82, 2.24) is 26.0 Å². The highest BCUT2D eigenvalue weighted by molar-refractivity contribution is 5.99. The van der Waals surface area contributed by atoms with Crippen molar-refractivity contribution in [2.24, 2.45) is 0 Å². The molecular weight excluding hydrogens is 310 g/mol. The van der Waals surface area contributed by atoms with Crippen molar-refractivity contribution in [3.05, 3.63) is 23.8 Å². The third-order valence-electron chi connectivity index (χ3n) is 4.33. The largest absolute Gasteiger partial charge is 0.394 e. The highest BCUT2D eigenvalue weighted by Gasteiger charge is 2.24. The Morgan fingerprint density at radius 1 is 1.21 bits per heavy atom. The van der Waals surface area contributed by atoms with E-state index in [1.807, 2.05) is 0 Å². The fourth-order valence-corrected chi connectivity index (χ4v) is 2.97. The first-order chi connectivity index (χ1) is 11.7. The normalized spacial score (nSPS) is 16.7. The van der Waals surface area contributed by atoms with Crippen LogP contribution in [0.4, 0.5) is 0 Å². The van der Waals surface area contributed by atoms with Gasteiger partial charge < -0.3 is 15.7 Å². The highest BCUT2D eigenvalue weighted by atomic mass is 16.3. The molecule has 2 aromatic rings. The number of fused-ring (bicyclic) bond motifs is 1. The van der Waals surface area contributed by atoms with Gasteiger partial charge in [-0.25, -0.2) is 0 Å². The molecule has 8 nitrogen and oxygen atoms in total. The molecule has 3 rings (SSSR count). The Labute approximate surface area is 139 Å². The number of amides is 2. The van der Waals surface area contributed by atoms with Gasteiger partial charge in [-0.1, -0.05) is 19.3 Å². The van der Waals surface area contributed by atoms with Crippen molar-refractivity contribution in [3.63, 3.8) is 0 Å². The Balaban J connectivity index is 1.62. The predicted molar refractivity (Wildman–Crippen MR) is 87.2 cm³/mol. The molecule has 1 atom stereocenters. The molecule has 4 N–H and O–H groups in total. The van der Waals surface area contributed by atoms with Gasteiger partial charge in [0.05, 0.1) is 6.61 Å². The fourth-order valence-electron chi connectivity index (χ4n) is 2.97. The van der Waals surface area contributed by atoms with Crippen molar-refractivity contribution in [1.29, 1.82) is 0 Å². The first-order valence-corrected chi connectivity index (χ1v) is 8.20. The highest BCUT2D eigenvalue weighted by Crippen LogP contribution is 2.17. The van der Waals surface area contributed by atoms with E-state index in [4.69, 9.17) is 0 Å². The maximum atomic E-state index is 12.3. The first-order valence-electron chi connectivity index (χ1n) is 8.20. The van der Waals surface area contributed by atoms with Crippen LogP contribution in [0, 0.1) is 0 Å². The van der Waals surface area contributed by atoms with Crippen LogP contribution in [0.3, 0.4) is 0 Å². The van der Waals surface area contributed by atoms with Crippen molar-refractivity contribution in [2.75, 3.05) is 6.61 Å². The third kappa shape index (κ3) is 3.70. The molecule has 1 aromatic heterocycles. The lowest BCUT2D eigenvalue weighted by Gasteiger charge is -2.25. The number of carbonyl (C=O) groups is 2. The Morgan fingerprint density at radius 3 is 2.71 bits per heavy atom. The molecule has 0 aliphatic heterocycles. The number of benzene rings is 1. The van der Waals surface area contributed by atoms with E-state index in [1.165, 1.54) is 6.42 Å². The monoisotopic (exact) mass is 331 g/mol. The molecule has 1 aliphatic rings. The molecule has 8 heteroatoms. The molecule has 1 aliphatic carbocycles. The van der Waals surface area contributed by atoms with Crippen molar-refractivity contribution < 1.29 is 14.7 Å². The van der Waals surface area contributed by atoms with Crippen LogP contribution in [-0.4, -0.2) is 51.0 Å². The summed E-state index contributed by atoms with van der Waals surface area (Å²) in [4.78, 5) is 24.6. The molecule has 0 saturated heterocycles. The molecule has 2 amide bonds. The second kappa shape index (κ2) is 7.39. The zero-order valence-electron chi connectivity index (χ0n) is 13.3. The second-order valence-electron chi connectivity index (χ2n) is 6.08. The summed E-state index contributed by atoms with van der Waals surface area (Å²) in [5, 5.41) is 25.3. The minimum atomic E-state index is -0.965. The van der Waals surface area contributed by atoms with Crippen LogP contribution >= 0.6 is 0 Å². The lowest BCUT2D eigenvalue weighted by Crippen LogP contribution is -2.51. The van der Waals surface area contributed by atoms with Gasteiger partial charge in [0.25, 0.3) is 5.91 Å². The third-order valence-corrected chi connectivity index (χ3v) is 4.33. The van der Waals surface area contributed by atoms with E-state index < -0.39 is 18.6 Å². The van der Waals surface area contributed by atoms with Crippen molar-refractivity contribution in [2.45, 2.75) is 44.2 Å². The van der Waals surface area contributed by atoms with Crippen LogP contribution in [0.5, 0.6) is 0 Å². The zero-order valence-corrected chi connectivity index (χ0v) is 13.3. The van der Waals surface area contributed by atoms with Crippen LogP contribution < -0.4 is 10.6 Å². The SMILES string of the molecule is O=C(NC(CO)C(=O)NC1CCCCC1)c1ccc2n[nH]nc2c1. The number of hydrogen-bond acceptors (Lipinski definition) is 5. The average molecular weight is 331 g/mol. The number of hydrogen-bond donors (Lipinski definition) is 4. The van der Waals surface area contributed by atoms with Gasteiger partial charge in [0.2, 0.25) is 5.91 Å². The molecule has 128 valence electrons. The maximum Gasteiger partial charge on any atom is 0.252 e. The molecule has 1 saturated carbocycles. The Morgan fingerprint density at radius 2 is 1.96 bits per heavy atom. The van der Waals surface area contributed by atoms with E-state index in [0.717, 1.165) is 25.7 Å². The Bertz CT molecular complexity index is 723. The van der Waals surface area contributed by atoms with Crippen LogP contribution in [-0.2, 0) is 4.79 Å². The second-order valence-corrected chi connectivity index (χ2v) is 6.08. The van der Waals surface area contributed by atoms with Crippen LogP contribution in [0.2, 0.25) is 0 Å². The van der Waals surface area contributed by atoms with Gasteiger partial charge in [0, 0.05) is 11.6 Å². The summed E-state index contributed by atoms with van der Waals surface area (Å²) >= 11 is 0. The molecule has 0 radical (unpaired) electrons. The number of aliphatic hydroxyl groups is 1. The zero-order chi connectivity index (χ0) is 16.9. The summed E-state index contributed by atoms with van der Waals surface area (Å²) in [5.41, 5.74) is 1.58. The predicted octanol–water partition coefficient (Wildman–Crippen LogP) is 0.497. The summed E-state index contributed by atoms with van der Waals surface area (Å²) in [5.74, 6) is -0.780. The molecule has 0 bridgehead atoms. The maximum absolute atomic E-state index is 12.3. The smallest absolute Gasteiger partial charge is 0.252 e. The van der Waals surface area contributed by atoms with Crippen LogP contribution in [0.25, 0.3) is 11.0 Å².